The zero-order valence-corrected chi connectivity index (χ0v) is 33.5. The van der Waals surface area contributed by atoms with Crippen LogP contribution in [0.25, 0.3) is 6.08 Å². The predicted molar refractivity (Wildman–Crippen MR) is 226 cm³/mol. The summed E-state index contributed by atoms with van der Waals surface area (Å²) in [6, 6.07) is 21.5. The zero-order chi connectivity index (χ0) is 37.0. The molecule has 4 aliphatic heterocycles. The molecule has 53 heavy (non-hydrogen) atoms. The third kappa shape index (κ3) is 4.36. The number of hydrogen-bond acceptors (Lipinski definition) is 3. The predicted octanol–water partition coefficient (Wildman–Crippen LogP) is 11.3. The highest BCUT2D eigenvalue weighted by Crippen LogP contribution is 2.62. The lowest BCUT2D eigenvalue weighted by atomic mass is 9.33. The minimum Gasteiger partial charge on any atom is -0.465 e. The van der Waals surface area contributed by atoms with Gasteiger partial charge in [0.1, 0.15) is 5.76 Å². The molecule has 0 radical (unpaired) electrons. The summed E-state index contributed by atoms with van der Waals surface area (Å²) >= 11 is 7.39. The van der Waals surface area contributed by atoms with E-state index in [1.807, 2.05) is 6.26 Å². The number of anilines is 5. The van der Waals surface area contributed by atoms with E-state index in [-0.39, 0.29) is 34.4 Å². The quantitative estimate of drug-likeness (QED) is 0.149. The third-order valence-electron chi connectivity index (χ3n) is 14.0. The van der Waals surface area contributed by atoms with Crippen LogP contribution < -0.4 is 26.2 Å². The van der Waals surface area contributed by atoms with Crippen LogP contribution in [0.5, 0.6) is 0 Å². The Hall–Kier alpha value is -4.15. The molecule has 1 fully saturated rings. The highest BCUT2D eigenvalue weighted by molar-refractivity contribution is 7.00. The molecule has 0 spiro atoms. The Balaban J connectivity index is 1.40. The fourth-order valence-electron chi connectivity index (χ4n) is 11.0. The Morgan fingerprint density at radius 3 is 2.30 bits per heavy atom. The molecule has 1 aromatic heterocycles. The maximum absolute atomic E-state index is 7.39. The smallest absolute Gasteiger partial charge is 0.252 e. The van der Waals surface area contributed by atoms with E-state index in [2.05, 4.69) is 151 Å². The Bertz CT molecular complexity index is 2420. The number of benzene rings is 3. The summed E-state index contributed by atoms with van der Waals surface area (Å²) in [6.07, 6.45) is 15.5. The fraction of sp³-hybridized carbons (Fsp3) is 0.375. The molecular formula is C48H50BClN2O. The van der Waals surface area contributed by atoms with Gasteiger partial charge in [-0.3, -0.25) is 0 Å². The van der Waals surface area contributed by atoms with Gasteiger partial charge in [-0.1, -0.05) is 121 Å². The summed E-state index contributed by atoms with van der Waals surface area (Å²) < 4.78 is 6.55. The molecular weight excluding hydrogens is 667 g/mol. The van der Waals surface area contributed by atoms with Crippen LogP contribution in [0.4, 0.5) is 28.4 Å². The molecule has 5 heterocycles. The van der Waals surface area contributed by atoms with Gasteiger partial charge in [0.05, 0.1) is 17.5 Å². The molecule has 2 bridgehead atoms. The standard InChI is InChI=1S/C48H50BClN2O/c1-28-21-29(45(2,3)4)22-34-32-15-10-11-17-41-33(32)27-38-36(16-14-20-53-41)49-37-24-30(46(5,6)7)23-35-44(37)52(48(9)19-13-12-18-47(35,48)8)40-26-31(50)25-39(42(40)49)51(38)43(28)34/h10-11,14-17,20-27,32H,12-13,18-19H2,1-9H3. The molecule has 3 unspecified atom stereocenters. The number of hydrogen-bond donors (Lipinski definition) is 0. The molecule has 0 N–H and O–H groups in total. The first-order valence-corrected chi connectivity index (χ1v) is 20.1. The highest BCUT2D eigenvalue weighted by atomic mass is 35.5. The van der Waals surface area contributed by atoms with Gasteiger partial charge in [0.25, 0.3) is 6.71 Å². The van der Waals surface area contributed by atoms with Crippen LogP contribution in [0.3, 0.4) is 0 Å². The van der Waals surface area contributed by atoms with E-state index in [0.717, 1.165) is 17.2 Å². The minimum absolute atomic E-state index is 0.000920. The van der Waals surface area contributed by atoms with Gasteiger partial charge in [0.15, 0.2) is 0 Å². The average Bonchev–Trinajstić information content (AvgIpc) is 3.17. The van der Waals surface area contributed by atoms with Gasteiger partial charge in [-0.25, -0.2) is 0 Å². The second-order valence-electron chi connectivity index (χ2n) is 19.1. The van der Waals surface area contributed by atoms with E-state index in [4.69, 9.17) is 16.0 Å². The van der Waals surface area contributed by atoms with Crippen LogP contribution in [-0.4, -0.2) is 12.3 Å². The van der Waals surface area contributed by atoms with Crippen LogP contribution in [0, 0.1) is 6.92 Å². The summed E-state index contributed by atoms with van der Waals surface area (Å²) in [5.41, 5.74) is 18.4. The van der Waals surface area contributed by atoms with E-state index in [9.17, 15) is 0 Å². The van der Waals surface area contributed by atoms with Gasteiger partial charge in [0.2, 0.25) is 0 Å². The monoisotopic (exact) mass is 716 g/mol. The second-order valence-corrected chi connectivity index (χ2v) is 19.5. The lowest BCUT2D eigenvalue weighted by molar-refractivity contribution is 0.195. The zero-order valence-electron chi connectivity index (χ0n) is 32.7. The number of halogens is 1. The van der Waals surface area contributed by atoms with Crippen molar-refractivity contribution in [2.24, 2.45) is 0 Å². The molecule has 4 aromatic rings. The van der Waals surface area contributed by atoms with Crippen molar-refractivity contribution in [1.29, 1.82) is 0 Å². The van der Waals surface area contributed by atoms with Crippen molar-refractivity contribution in [2.45, 2.75) is 116 Å². The Morgan fingerprint density at radius 2 is 1.53 bits per heavy atom. The summed E-state index contributed by atoms with van der Waals surface area (Å²) in [5, 5.41) is 0.785. The van der Waals surface area contributed by atoms with Crippen molar-refractivity contribution in [3.63, 3.8) is 0 Å². The largest absolute Gasteiger partial charge is 0.465 e. The molecule has 6 aliphatic rings. The van der Waals surface area contributed by atoms with Crippen molar-refractivity contribution in [1.82, 2.24) is 0 Å². The molecule has 3 nitrogen and oxygen atoms in total. The molecule has 2 aliphatic carbocycles. The number of nitrogens with zero attached hydrogens (tertiary/aromatic N) is 2. The van der Waals surface area contributed by atoms with E-state index in [0.29, 0.717) is 0 Å². The molecule has 268 valence electrons. The summed E-state index contributed by atoms with van der Waals surface area (Å²) in [4.78, 5) is 5.36. The molecule has 0 amide bonds. The maximum Gasteiger partial charge on any atom is 0.252 e. The van der Waals surface area contributed by atoms with Crippen LogP contribution in [-0.2, 0) is 16.2 Å². The summed E-state index contributed by atoms with van der Waals surface area (Å²) in [5.74, 6) is 0.897. The van der Waals surface area contributed by atoms with Gasteiger partial charge in [0, 0.05) is 44.7 Å². The van der Waals surface area contributed by atoms with Gasteiger partial charge in [-0.2, -0.15) is 0 Å². The number of fused-ring (bicyclic) bond motifs is 10. The Morgan fingerprint density at radius 1 is 0.792 bits per heavy atom. The normalized spacial score (nSPS) is 23.8. The van der Waals surface area contributed by atoms with E-state index >= 15 is 0 Å². The number of rotatable bonds is 0. The fourth-order valence-corrected chi connectivity index (χ4v) is 11.2. The molecule has 1 saturated carbocycles. The van der Waals surface area contributed by atoms with E-state index < -0.39 is 0 Å². The van der Waals surface area contributed by atoms with Crippen LogP contribution in [0.1, 0.15) is 126 Å². The summed E-state index contributed by atoms with van der Waals surface area (Å²) in [7, 11) is 0. The molecule has 5 heteroatoms. The van der Waals surface area contributed by atoms with E-state index in [1.54, 1.807) is 0 Å². The van der Waals surface area contributed by atoms with Crippen molar-refractivity contribution >= 4 is 69.2 Å². The Kier molecular flexibility index (Phi) is 6.78. The molecule has 3 atom stereocenters. The van der Waals surface area contributed by atoms with Gasteiger partial charge in [-0.15, -0.1) is 0 Å². The first-order chi connectivity index (χ1) is 25.1. The van der Waals surface area contributed by atoms with Gasteiger partial charge < -0.3 is 14.2 Å². The first-order valence-electron chi connectivity index (χ1n) is 19.7. The molecule has 10 rings (SSSR count). The third-order valence-corrected chi connectivity index (χ3v) is 14.2. The van der Waals surface area contributed by atoms with Gasteiger partial charge >= 0.3 is 0 Å². The highest BCUT2D eigenvalue weighted by Gasteiger charge is 2.61. The van der Waals surface area contributed by atoms with Crippen LogP contribution >= 0.6 is 11.6 Å². The van der Waals surface area contributed by atoms with Crippen molar-refractivity contribution in [2.75, 3.05) is 9.80 Å². The average molecular weight is 717 g/mol. The van der Waals surface area contributed by atoms with E-state index in [1.165, 1.54) is 97.5 Å². The minimum atomic E-state index is -0.0722. The summed E-state index contributed by atoms with van der Waals surface area (Å²) in [6.45, 7) is 21.5. The number of aryl methyl sites for hydroxylation is 1. The Labute approximate surface area is 321 Å². The SMILES string of the molecule is Cc1cc(C(C)(C)C)cc2c1N1c3cc4c(occcc3B3c5cc(C(C)(C)C)cc6c5N(c5cc(Cl)cc1c53)C1(C)CCCCC61C)C=CC=CC42. The van der Waals surface area contributed by atoms with Crippen LogP contribution in [0.15, 0.2) is 83.5 Å². The maximum atomic E-state index is 7.39. The van der Waals surface area contributed by atoms with Crippen LogP contribution in [0.2, 0.25) is 5.02 Å². The van der Waals surface area contributed by atoms with Crippen molar-refractivity contribution in [3.05, 3.63) is 123 Å². The molecule has 0 saturated heterocycles. The lowest BCUT2D eigenvalue weighted by Crippen LogP contribution is -2.64. The number of allylic oxidation sites excluding steroid dienone is 3. The van der Waals surface area contributed by atoms with Gasteiger partial charge in [-0.05, 0) is 112 Å². The lowest BCUT2D eigenvalue weighted by Gasteiger charge is -2.52. The van der Waals surface area contributed by atoms with Crippen molar-refractivity contribution in [3.8, 4) is 0 Å². The topological polar surface area (TPSA) is 19.6 Å². The second kappa shape index (κ2) is 10.8. The van der Waals surface area contributed by atoms with Crippen molar-refractivity contribution < 1.29 is 4.42 Å². The molecule has 3 aromatic carbocycles. The first kappa shape index (κ1) is 33.4.